The van der Waals surface area contributed by atoms with E-state index in [0.717, 1.165) is 57.8 Å². The van der Waals surface area contributed by atoms with Crippen LogP contribution in [0.3, 0.4) is 0 Å². The molecule has 1 aromatic carbocycles. The smallest absolute Gasteiger partial charge is 0.205 e. The Morgan fingerprint density at radius 1 is 1.19 bits per heavy atom. The molecule has 1 aromatic heterocycles. The highest BCUT2D eigenvalue weighted by Gasteiger charge is 2.22. The van der Waals surface area contributed by atoms with Crippen LogP contribution in [0.4, 0.5) is 11.5 Å². The lowest BCUT2D eigenvalue weighted by molar-refractivity contribution is 0.250. The molecule has 2 aliphatic rings. The number of nitrogens with one attached hydrogen (secondary N) is 1. The fourth-order valence-corrected chi connectivity index (χ4v) is 4.72. The molecule has 1 N–H and O–H groups in total. The highest BCUT2D eigenvalue weighted by molar-refractivity contribution is 5.49. The Morgan fingerprint density at radius 3 is 2.77 bits per heavy atom. The van der Waals surface area contributed by atoms with E-state index in [4.69, 9.17) is 6.57 Å². The molecule has 162 valence electrons. The molecular formula is C26H33N5. The molecule has 2 aliphatic heterocycles. The van der Waals surface area contributed by atoms with Crippen LogP contribution >= 0.6 is 0 Å². The normalized spacial score (nSPS) is 17.1. The molecule has 3 heterocycles. The maximum Gasteiger partial charge on any atom is 0.205 e. The first-order chi connectivity index (χ1) is 15.1. The van der Waals surface area contributed by atoms with Crippen molar-refractivity contribution in [2.24, 2.45) is 5.92 Å². The van der Waals surface area contributed by atoms with Gasteiger partial charge in [0.2, 0.25) is 5.69 Å². The molecule has 0 saturated carbocycles. The number of aromatic nitrogens is 1. The molecule has 4 rings (SSSR count). The summed E-state index contributed by atoms with van der Waals surface area (Å²) in [7, 11) is 0. The Bertz CT molecular complexity index is 935. The van der Waals surface area contributed by atoms with Gasteiger partial charge in [0.15, 0.2) is 0 Å². The Morgan fingerprint density at radius 2 is 2.03 bits per heavy atom. The number of rotatable bonds is 7. The summed E-state index contributed by atoms with van der Waals surface area (Å²) < 4.78 is 0. The summed E-state index contributed by atoms with van der Waals surface area (Å²) in [5.41, 5.74) is 6.19. The molecule has 0 atom stereocenters. The summed E-state index contributed by atoms with van der Waals surface area (Å²) >= 11 is 0. The van der Waals surface area contributed by atoms with Crippen molar-refractivity contribution in [2.45, 2.75) is 39.2 Å². The largest absolute Gasteiger partial charge is 0.389 e. The lowest BCUT2D eigenvalue weighted by Crippen LogP contribution is -2.37. The number of nitrogens with zero attached hydrogens (tertiary/aromatic N) is 4. The molecular weight excluding hydrogens is 382 g/mol. The lowest BCUT2D eigenvalue weighted by atomic mass is 9.94. The molecule has 1 fully saturated rings. The van der Waals surface area contributed by atoms with E-state index < -0.39 is 0 Å². The van der Waals surface area contributed by atoms with E-state index in [1.807, 2.05) is 12.1 Å². The van der Waals surface area contributed by atoms with E-state index in [1.165, 1.54) is 35.4 Å². The number of aryl methyl sites for hydroxylation is 1. The Balaban J connectivity index is 1.15. The van der Waals surface area contributed by atoms with Crippen molar-refractivity contribution < 1.29 is 0 Å². The van der Waals surface area contributed by atoms with Crippen LogP contribution < -0.4 is 10.2 Å². The minimum atomic E-state index is 0.531. The SMILES string of the molecule is [C-]#[N+]c1ccc(N2CCC(C(=C)NCCCN3CCc4cc(C)ccc4C3)CC2)nc1. The molecule has 31 heavy (non-hydrogen) atoms. The van der Waals surface area contributed by atoms with Crippen LogP contribution in [0.2, 0.25) is 0 Å². The molecule has 0 aliphatic carbocycles. The highest BCUT2D eigenvalue weighted by Crippen LogP contribution is 2.26. The maximum absolute atomic E-state index is 7.05. The predicted octanol–water partition coefficient (Wildman–Crippen LogP) is 4.71. The first-order valence-corrected chi connectivity index (χ1v) is 11.4. The molecule has 0 spiro atoms. The molecule has 0 amide bonds. The quantitative estimate of drug-likeness (QED) is 0.525. The first kappa shape index (κ1) is 21.4. The zero-order valence-corrected chi connectivity index (χ0v) is 18.6. The Hall–Kier alpha value is -2.84. The van der Waals surface area contributed by atoms with Gasteiger partial charge in [-0.15, -0.1) is 0 Å². The van der Waals surface area contributed by atoms with Crippen LogP contribution in [0.25, 0.3) is 4.85 Å². The number of fused-ring (bicyclic) bond motifs is 1. The minimum Gasteiger partial charge on any atom is -0.389 e. The van der Waals surface area contributed by atoms with E-state index in [9.17, 15) is 0 Å². The standard InChI is InChI=1S/C26H33N5/c1-20-5-6-24-19-30(14-9-23(24)17-20)13-4-12-28-21(2)22-10-15-31(16-11-22)26-8-7-25(27-3)18-29-26/h5-8,17-18,22,28H,2,4,9-16,19H2,1H3. The van der Waals surface area contributed by atoms with Gasteiger partial charge in [0.1, 0.15) is 5.82 Å². The third kappa shape index (κ3) is 5.45. The van der Waals surface area contributed by atoms with Gasteiger partial charge in [0.05, 0.1) is 6.57 Å². The van der Waals surface area contributed by atoms with E-state index in [1.54, 1.807) is 6.20 Å². The van der Waals surface area contributed by atoms with Gasteiger partial charge < -0.3 is 10.2 Å². The third-order valence-corrected chi connectivity index (χ3v) is 6.63. The number of pyridine rings is 1. The van der Waals surface area contributed by atoms with Gasteiger partial charge in [-0.25, -0.2) is 4.85 Å². The summed E-state index contributed by atoms with van der Waals surface area (Å²) in [4.78, 5) is 12.7. The van der Waals surface area contributed by atoms with E-state index in [0.29, 0.717) is 11.6 Å². The number of allylic oxidation sites excluding steroid dienone is 1. The maximum atomic E-state index is 7.05. The van der Waals surface area contributed by atoms with Crippen molar-refractivity contribution in [3.63, 3.8) is 0 Å². The first-order valence-electron chi connectivity index (χ1n) is 11.4. The molecule has 0 bridgehead atoms. The van der Waals surface area contributed by atoms with Gasteiger partial charge in [0, 0.05) is 57.1 Å². The molecule has 5 heteroatoms. The monoisotopic (exact) mass is 415 g/mol. The summed E-state index contributed by atoms with van der Waals surface area (Å²) in [6, 6.07) is 10.7. The number of hydrogen-bond acceptors (Lipinski definition) is 4. The molecule has 5 nitrogen and oxygen atoms in total. The predicted molar refractivity (Wildman–Crippen MR) is 127 cm³/mol. The summed E-state index contributed by atoms with van der Waals surface area (Å²) in [5, 5.41) is 3.60. The fraction of sp³-hybridized carbons (Fsp3) is 0.462. The van der Waals surface area contributed by atoms with Gasteiger partial charge in [0.25, 0.3) is 0 Å². The van der Waals surface area contributed by atoms with Gasteiger partial charge in [-0.2, -0.15) is 0 Å². The van der Waals surface area contributed by atoms with Crippen LogP contribution in [0.15, 0.2) is 48.8 Å². The summed E-state index contributed by atoms with van der Waals surface area (Å²) in [6.07, 6.45) is 6.18. The average molecular weight is 416 g/mol. The number of anilines is 1. The van der Waals surface area contributed by atoms with Crippen molar-refractivity contribution in [2.75, 3.05) is 37.6 Å². The Labute approximate surface area is 186 Å². The summed E-state index contributed by atoms with van der Waals surface area (Å²) in [6.45, 7) is 19.9. The summed E-state index contributed by atoms with van der Waals surface area (Å²) in [5.74, 6) is 1.51. The van der Waals surface area contributed by atoms with Crippen LogP contribution in [0.1, 0.15) is 36.0 Å². The van der Waals surface area contributed by atoms with Gasteiger partial charge in [-0.05, 0) is 49.8 Å². The van der Waals surface area contributed by atoms with Crippen LogP contribution in [-0.4, -0.2) is 42.6 Å². The number of benzene rings is 1. The van der Waals surface area contributed by atoms with Crippen LogP contribution in [-0.2, 0) is 13.0 Å². The zero-order valence-electron chi connectivity index (χ0n) is 18.6. The molecule has 2 aromatic rings. The van der Waals surface area contributed by atoms with E-state index in [2.05, 4.69) is 56.6 Å². The Kier molecular flexibility index (Phi) is 6.89. The molecule has 0 unspecified atom stereocenters. The van der Waals surface area contributed by atoms with Crippen molar-refractivity contribution >= 4 is 11.5 Å². The van der Waals surface area contributed by atoms with Crippen LogP contribution in [0, 0.1) is 19.4 Å². The number of piperidine rings is 1. The van der Waals surface area contributed by atoms with Crippen molar-refractivity contribution in [3.8, 4) is 0 Å². The van der Waals surface area contributed by atoms with E-state index in [-0.39, 0.29) is 0 Å². The van der Waals surface area contributed by atoms with Crippen molar-refractivity contribution in [3.05, 3.63) is 76.9 Å². The second-order valence-electron chi connectivity index (χ2n) is 8.85. The third-order valence-electron chi connectivity index (χ3n) is 6.63. The topological polar surface area (TPSA) is 35.8 Å². The molecule has 0 radical (unpaired) electrons. The van der Waals surface area contributed by atoms with Crippen molar-refractivity contribution in [1.29, 1.82) is 0 Å². The number of hydrogen-bond donors (Lipinski definition) is 1. The van der Waals surface area contributed by atoms with Gasteiger partial charge >= 0.3 is 0 Å². The second-order valence-corrected chi connectivity index (χ2v) is 8.85. The lowest BCUT2D eigenvalue weighted by Gasteiger charge is -2.34. The average Bonchev–Trinajstić information content (AvgIpc) is 2.82. The van der Waals surface area contributed by atoms with Gasteiger partial charge in [-0.3, -0.25) is 9.88 Å². The zero-order chi connectivity index (χ0) is 21.6. The van der Waals surface area contributed by atoms with Gasteiger partial charge in [-0.1, -0.05) is 36.4 Å². The van der Waals surface area contributed by atoms with Crippen molar-refractivity contribution in [1.82, 2.24) is 15.2 Å². The fourth-order valence-electron chi connectivity index (χ4n) is 4.72. The van der Waals surface area contributed by atoms with E-state index >= 15 is 0 Å². The minimum absolute atomic E-state index is 0.531. The highest BCUT2D eigenvalue weighted by atomic mass is 15.2. The van der Waals surface area contributed by atoms with Crippen LogP contribution in [0.5, 0.6) is 0 Å². The molecule has 1 saturated heterocycles. The second kappa shape index (κ2) is 9.98.